The standard InChI is InChI=1S/C12H16BrNO/c1-8(2)11-7-15-12(14-11)9-5-3-4-6-10(9)13/h3-6,8,11-12,14H,7H2,1-2H3/t11-,12+/m1/s1. The van der Waals surface area contributed by atoms with Crippen LogP contribution in [-0.2, 0) is 4.74 Å². The predicted octanol–water partition coefficient (Wildman–Crippen LogP) is 3.09. The van der Waals surface area contributed by atoms with Crippen molar-refractivity contribution in [1.29, 1.82) is 0 Å². The highest BCUT2D eigenvalue weighted by Gasteiger charge is 2.28. The molecular weight excluding hydrogens is 254 g/mol. The molecule has 1 aromatic carbocycles. The lowest BCUT2D eigenvalue weighted by Crippen LogP contribution is -2.30. The van der Waals surface area contributed by atoms with E-state index in [0.717, 1.165) is 11.1 Å². The van der Waals surface area contributed by atoms with Gasteiger partial charge >= 0.3 is 0 Å². The molecule has 1 saturated heterocycles. The molecule has 1 fully saturated rings. The second kappa shape index (κ2) is 4.64. The van der Waals surface area contributed by atoms with E-state index in [2.05, 4.69) is 41.2 Å². The lowest BCUT2D eigenvalue weighted by atomic mass is 10.1. The molecular formula is C12H16BrNO. The van der Waals surface area contributed by atoms with Crippen molar-refractivity contribution >= 4 is 15.9 Å². The van der Waals surface area contributed by atoms with Gasteiger partial charge in [0.25, 0.3) is 0 Å². The molecule has 1 aliphatic rings. The van der Waals surface area contributed by atoms with E-state index in [1.54, 1.807) is 0 Å². The first-order valence-corrected chi connectivity index (χ1v) is 6.10. The number of rotatable bonds is 2. The van der Waals surface area contributed by atoms with Gasteiger partial charge in [-0.3, -0.25) is 5.32 Å². The number of nitrogens with one attached hydrogen (secondary N) is 1. The Bertz CT molecular complexity index is 340. The molecule has 1 aliphatic heterocycles. The average molecular weight is 270 g/mol. The quantitative estimate of drug-likeness (QED) is 0.891. The maximum atomic E-state index is 5.75. The van der Waals surface area contributed by atoms with E-state index >= 15 is 0 Å². The van der Waals surface area contributed by atoms with Crippen LogP contribution in [0.15, 0.2) is 28.7 Å². The minimum absolute atomic E-state index is 0.0352. The SMILES string of the molecule is CC(C)[C@H]1CO[C@@H](c2ccccc2Br)N1. The first-order chi connectivity index (χ1) is 7.18. The highest BCUT2D eigenvalue weighted by molar-refractivity contribution is 9.10. The molecule has 2 nitrogen and oxygen atoms in total. The largest absolute Gasteiger partial charge is 0.357 e. The summed E-state index contributed by atoms with van der Waals surface area (Å²) in [7, 11) is 0. The second-order valence-electron chi connectivity index (χ2n) is 4.25. The average Bonchev–Trinajstić information content (AvgIpc) is 2.67. The molecule has 3 heteroatoms. The van der Waals surface area contributed by atoms with E-state index in [-0.39, 0.29) is 6.23 Å². The normalized spacial score (nSPS) is 26.1. The molecule has 0 amide bonds. The Morgan fingerprint density at radius 2 is 2.13 bits per heavy atom. The fourth-order valence-corrected chi connectivity index (χ4v) is 2.24. The number of hydrogen-bond acceptors (Lipinski definition) is 2. The van der Waals surface area contributed by atoms with Gasteiger partial charge in [0, 0.05) is 16.1 Å². The van der Waals surface area contributed by atoms with Crippen LogP contribution in [0.4, 0.5) is 0 Å². The van der Waals surface area contributed by atoms with Crippen LogP contribution in [0.25, 0.3) is 0 Å². The fraction of sp³-hybridized carbons (Fsp3) is 0.500. The van der Waals surface area contributed by atoms with Gasteiger partial charge in [0.15, 0.2) is 0 Å². The number of hydrogen-bond donors (Lipinski definition) is 1. The maximum absolute atomic E-state index is 5.75. The van der Waals surface area contributed by atoms with Crippen molar-refractivity contribution in [1.82, 2.24) is 5.32 Å². The first-order valence-electron chi connectivity index (χ1n) is 5.30. The van der Waals surface area contributed by atoms with Crippen LogP contribution in [0.3, 0.4) is 0 Å². The maximum Gasteiger partial charge on any atom is 0.135 e. The first kappa shape index (κ1) is 11.1. The summed E-state index contributed by atoms with van der Waals surface area (Å²) in [6.07, 6.45) is 0.0352. The zero-order valence-electron chi connectivity index (χ0n) is 9.03. The van der Waals surface area contributed by atoms with Crippen LogP contribution in [0, 0.1) is 5.92 Å². The van der Waals surface area contributed by atoms with Crippen LogP contribution in [-0.4, -0.2) is 12.6 Å². The molecule has 0 radical (unpaired) electrons. The molecule has 1 aromatic rings. The van der Waals surface area contributed by atoms with Crippen molar-refractivity contribution in [2.45, 2.75) is 26.1 Å². The van der Waals surface area contributed by atoms with Crippen molar-refractivity contribution in [2.75, 3.05) is 6.61 Å². The third-order valence-corrected chi connectivity index (χ3v) is 3.52. The van der Waals surface area contributed by atoms with Crippen LogP contribution < -0.4 is 5.32 Å². The van der Waals surface area contributed by atoms with Gasteiger partial charge in [0.1, 0.15) is 6.23 Å². The summed E-state index contributed by atoms with van der Waals surface area (Å²) in [6.45, 7) is 5.22. The molecule has 82 valence electrons. The smallest absolute Gasteiger partial charge is 0.135 e. The minimum atomic E-state index is 0.0352. The monoisotopic (exact) mass is 269 g/mol. The Labute approximate surface area is 99.1 Å². The van der Waals surface area contributed by atoms with Gasteiger partial charge in [-0.2, -0.15) is 0 Å². The van der Waals surface area contributed by atoms with Crippen molar-refractivity contribution in [2.24, 2.45) is 5.92 Å². The summed E-state index contributed by atoms with van der Waals surface area (Å²) >= 11 is 3.54. The summed E-state index contributed by atoms with van der Waals surface area (Å²) < 4.78 is 6.86. The van der Waals surface area contributed by atoms with Gasteiger partial charge < -0.3 is 4.74 Å². The Kier molecular flexibility index (Phi) is 3.44. The summed E-state index contributed by atoms with van der Waals surface area (Å²) in [5.74, 6) is 0.609. The molecule has 15 heavy (non-hydrogen) atoms. The zero-order chi connectivity index (χ0) is 10.8. The van der Waals surface area contributed by atoms with E-state index in [1.165, 1.54) is 5.56 Å². The van der Waals surface area contributed by atoms with Crippen molar-refractivity contribution in [3.05, 3.63) is 34.3 Å². The lowest BCUT2D eigenvalue weighted by molar-refractivity contribution is 0.0994. The van der Waals surface area contributed by atoms with E-state index in [9.17, 15) is 0 Å². The molecule has 0 unspecified atom stereocenters. The summed E-state index contributed by atoms with van der Waals surface area (Å²) in [5.41, 5.74) is 1.18. The van der Waals surface area contributed by atoms with Crippen LogP contribution in [0.2, 0.25) is 0 Å². The molecule has 2 atom stereocenters. The lowest BCUT2D eigenvalue weighted by Gasteiger charge is -2.15. The Hall–Kier alpha value is -0.380. The molecule has 1 heterocycles. The Morgan fingerprint density at radius 1 is 1.40 bits per heavy atom. The number of ether oxygens (including phenoxy) is 1. The van der Waals surface area contributed by atoms with Crippen molar-refractivity contribution in [3.63, 3.8) is 0 Å². The molecule has 0 aromatic heterocycles. The highest BCUT2D eigenvalue weighted by atomic mass is 79.9. The Balaban J connectivity index is 2.11. The Morgan fingerprint density at radius 3 is 2.73 bits per heavy atom. The molecule has 0 spiro atoms. The van der Waals surface area contributed by atoms with Gasteiger partial charge in [-0.1, -0.05) is 48.0 Å². The summed E-state index contributed by atoms with van der Waals surface area (Å²) in [5, 5.41) is 3.50. The van der Waals surface area contributed by atoms with E-state index in [1.807, 2.05) is 18.2 Å². The van der Waals surface area contributed by atoms with Gasteiger partial charge in [-0.25, -0.2) is 0 Å². The van der Waals surface area contributed by atoms with E-state index < -0.39 is 0 Å². The molecule has 0 aliphatic carbocycles. The molecule has 1 N–H and O–H groups in total. The molecule has 0 saturated carbocycles. The van der Waals surface area contributed by atoms with Gasteiger partial charge in [0.05, 0.1) is 6.61 Å². The van der Waals surface area contributed by atoms with Crippen molar-refractivity contribution < 1.29 is 4.74 Å². The van der Waals surface area contributed by atoms with Crippen molar-refractivity contribution in [3.8, 4) is 0 Å². The summed E-state index contributed by atoms with van der Waals surface area (Å²) in [6, 6.07) is 8.64. The van der Waals surface area contributed by atoms with Gasteiger partial charge in [-0.05, 0) is 12.0 Å². The van der Waals surface area contributed by atoms with E-state index in [4.69, 9.17) is 4.74 Å². The fourth-order valence-electron chi connectivity index (χ4n) is 1.74. The van der Waals surface area contributed by atoms with Crippen LogP contribution in [0.5, 0.6) is 0 Å². The minimum Gasteiger partial charge on any atom is -0.357 e. The van der Waals surface area contributed by atoms with E-state index in [0.29, 0.717) is 12.0 Å². The molecule has 0 bridgehead atoms. The van der Waals surface area contributed by atoms with Gasteiger partial charge in [0.2, 0.25) is 0 Å². The number of benzene rings is 1. The third-order valence-electron chi connectivity index (χ3n) is 2.80. The number of halogens is 1. The second-order valence-corrected chi connectivity index (χ2v) is 5.11. The predicted molar refractivity (Wildman–Crippen MR) is 64.6 cm³/mol. The van der Waals surface area contributed by atoms with Gasteiger partial charge in [-0.15, -0.1) is 0 Å². The third kappa shape index (κ3) is 2.41. The molecule has 2 rings (SSSR count). The summed E-state index contributed by atoms with van der Waals surface area (Å²) in [4.78, 5) is 0. The topological polar surface area (TPSA) is 21.3 Å². The highest BCUT2D eigenvalue weighted by Crippen LogP contribution is 2.28. The van der Waals surface area contributed by atoms with Crippen LogP contribution in [0.1, 0.15) is 25.6 Å². The van der Waals surface area contributed by atoms with Crippen LogP contribution >= 0.6 is 15.9 Å². The zero-order valence-corrected chi connectivity index (χ0v) is 10.6.